The Bertz CT molecular complexity index is 161. The molecular weight excluding hydrogens is 249 g/mol. The van der Waals surface area contributed by atoms with Crippen molar-refractivity contribution in [2.45, 2.75) is 19.4 Å². The maximum Gasteiger partial charge on any atom is 0.299 e. The molecule has 58 valence electrons. The van der Waals surface area contributed by atoms with Gasteiger partial charge in [-0.25, -0.2) is 0 Å². The summed E-state index contributed by atoms with van der Waals surface area (Å²) in [6, 6.07) is 0. The molecule has 0 rings (SSSR count). The lowest BCUT2D eigenvalue weighted by Gasteiger charge is -2.12. The van der Waals surface area contributed by atoms with Gasteiger partial charge in [-0.3, -0.25) is 13.1 Å². The minimum absolute atomic E-state index is 0.784. The minimum atomic E-state index is -1.57. The minimum Gasteiger partial charge on any atom is -0.382 e. The Balaban J connectivity index is 4.24. The van der Waals surface area contributed by atoms with Crippen molar-refractivity contribution in [3.8, 4) is 0 Å². The normalized spacial score (nSPS) is 10.8. The van der Waals surface area contributed by atoms with Crippen LogP contribution < -0.4 is 3.53 Å². The van der Waals surface area contributed by atoms with Crippen LogP contribution in [-0.2, 0) is 9.59 Å². The molecule has 0 atom stereocenters. The molecule has 0 aromatic rings. The lowest BCUT2D eigenvalue weighted by Crippen LogP contribution is -2.40. The third-order valence-electron chi connectivity index (χ3n) is 0.848. The molecule has 0 aliphatic heterocycles. The lowest BCUT2D eigenvalue weighted by molar-refractivity contribution is -0.146. The van der Waals surface area contributed by atoms with Crippen molar-refractivity contribution in [1.82, 2.24) is 3.53 Å². The molecule has 0 aromatic heterocycles. The maximum atomic E-state index is 10.7. The summed E-state index contributed by atoms with van der Waals surface area (Å²) in [5.74, 6) is -1.62. The predicted molar refractivity (Wildman–Crippen MR) is 43.5 cm³/mol. The first-order valence-corrected chi connectivity index (χ1v) is 3.65. The van der Waals surface area contributed by atoms with Gasteiger partial charge in [-0.15, -0.1) is 0 Å². The van der Waals surface area contributed by atoms with Crippen LogP contribution in [0.25, 0.3) is 0 Å². The second-order valence-electron chi connectivity index (χ2n) is 2.31. The van der Waals surface area contributed by atoms with Gasteiger partial charge in [-0.2, -0.15) is 0 Å². The van der Waals surface area contributed by atoms with Gasteiger partial charge in [0.2, 0.25) is 0 Å². The molecule has 0 fully saturated rings. The molecule has 0 heterocycles. The zero-order chi connectivity index (χ0) is 8.36. The number of hydrogen-bond donors (Lipinski definition) is 2. The van der Waals surface area contributed by atoms with E-state index < -0.39 is 17.3 Å². The van der Waals surface area contributed by atoms with E-state index in [4.69, 9.17) is 5.11 Å². The molecule has 2 N–H and O–H groups in total. The maximum absolute atomic E-state index is 10.7. The summed E-state index contributed by atoms with van der Waals surface area (Å²) < 4.78 is 2.09. The number of aliphatic hydroxyl groups is 1. The Hall–Kier alpha value is -0.170. The SMILES string of the molecule is CC(C)(O)C(=O)C(=O)NI. The highest BCUT2D eigenvalue weighted by Crippen LogP contribution is 2.02. The lowest BCUT2D eigenvalue weighted by atomic mass is 10.0. The predicted octanol–water partition coefficient (Wildman–Crippen LogP) is -0.207. The van der Waals surface area contributed by atoms with Gasteiger partial charge in [0.1, 0.15) is 5.60 Å². The fourth-order valence-corrected chi connectivity index (χ4v) is 0.566. The highest BCUT2D eigenvalue weighted by atomic mass is 127. The van der Waals surface area contributed by atoms with Crippen LogP contribution in [-0.4, -0.2) is 22.4 Å². The van der Waals surface area contributed by atoms with Crippen LogP contribution in [0.2, 0.25) is 0 Å². The second kappa shape index (κ2) is 3.29. The molecule has 0 saturated carbocycles. The summed E-state index contributed by atoms with van der Waals surface area (Å²) in [5.41, 5.74) is -1.57. The van der Waals surface area contributed by atoms with Crippen molar-refractivity contribution in [1.29, 1.82) is 0 Å². The number of carbonyl (C=O) groups excluding carboxylic acids is 2. The summed E-state index contributed by atoms with van der Waals surface area (Å²) in [7, 11) is 0. The van der Waals surface area contributed by atoms with E-state index in [1.807, 2.05) is 0 Å². The Kier molecular flexibility index (Phi) is 3.23. The summed E-state index contributed by atoms with van der Waals surface area (Å²) in [5, 5.41) is 8.97. The quantitative estimate of drug-likeness (QED) is 0.408. The number of Topliss-reactive ketones (excluding diaryl/α,β-unsaturated/α-hetero) is 1. The summed E-state index contributed by atoms with van der Waals surface area (Å²) in [4.78, 5) is 21.3. The van der Waals surface area contributed by atoms with Crippen LogP contribution in [0.4, 0.5) is 0 Å². The average molecular weight is 257 g/mol. The molecule has 0 saturated heterocycles. The molecule has 10 heavy (non-hydrogen) atoms. The van der Waals surface area contributed by atoms with Crippen molar-refractivity contribution in [2.24, 2.45) is 0 Å². The topological polar surface area (TPSA) is 66.4 Å². The van der Waals surface area contributed by atoms with Gasteiger partial charge in [0, 0.05) is 0 Å². The van der Waals surface area contributed by atoms with Gasteiger partial charge in [0.05, 0.1) is 22.9 Å². The number of halogens is 1. The van der Waals surface area contributed by atoms with E-state index in [9.17, 15) is 9.59 Å². The van der Waals surface area contributed by atoms with Gasteiger partial charge < -0.3 is 5.11 Å². The number of carbonyl (C=O) groups is 2. The molecule has 0 bridgehead atoms. The van der Waals surface area contributed by atoms with E-state index in [0.717, 1.165) is 0 Å². The number of ketones is 1. The molecule has 0 aromatic carbocycles. The van der Waals surface area contributed by atoms with Crippen LogP contribution in [0.1, 0.15) is 13.8 Å². The first kappa shape index (κ1) is 9.83. The number of rotatable bonds is 2. The van der Waals surface area contributed by atoms with Gasteiger partial charge in [-0.05, 0) is 13.8 Å². The molecule has 4 nitrogen and oxygen atoms in total. The van der Waals surface area contributed by atoms with Gasteiger partial charge in [-0.1, -0.05) is 0 Å². The number of nitrogens with one attached hydrogen (secondary N) is 1. The van der Waals surface area contributed by atoms with Crippen molar-refractivity contribution < 1.29 is 14.7 Å². The summed E-state index contributed by atoms with van der Waals surface area (Å²) in [6.45, 7) is 2.53. The Morgan fingerprint density at radius 1 is 1.50 bits per heavy atom. The molecular formula is C5H8INO3. The first-order chi connectivity index (χ1) is 4.39. The zero-order valence-corrected chi connectivity index (χ0v) is 7.80. The Morgan fingerprint density at radius 2 is 1.90 bits per heavy atom. The van der Waals surface area contributed by atoms with E-state index in [0.29, 0.717) is 0 Å². The second-order valence-corrected chi connectivity index (χ2v) is 2.85. The van der Waals surface area contributed by atoms with Crippen LogP contribution in [0.3, 0.4) is 0 Å². The number of amides is 1. The first-order valence-electron chi connectivity index (χ1n) is 2.57. The van der Waals surface area contributed by atoms with Crippen LogP contribution >= 0.6 is 22.9 Å². The van der Waals surface area contributed by atoms with Gasteiger partial charge in [0.25, 0.3) is 11.7 Å². The zero-order valence-electron chi connectivity index (χ0n) is 5.64. The van der Waals surface area contributed by atoms with E-state index >= 15 is 0 Å². The van der Waals surface area contributed by atoms with E-state index in [2.05, 4.69) is 3.53 Å². The fraction of sp³-hybridized carbons (Fsp3) is 0.600. The van der Waals surface area contributed by atoms with Crippen LogP contribution in [0.5, 0.6) is 0 Å². The molecule has 0 radical (unpaired) electrons. The Morgan fingerprint density at radius 3 is 2.00 bits per heavy atom. The molecule has 1 amide bonds. The standard InChI is InChI=1S/C5H8INO3/c1-5(2,10)3(8)4(9)7-6/h10H,1-2H3,(H,7,9). The summed E-state index contributed by atoms with van der Waals surface area (Å²) >= 11 is 1.54. The Labute approximate surface area is 72.5 Å². The van der Waals surface area contributed by atoms with Gasteiger partial charge >= 0.3 is 0 Å². The fourth-order valence-electron chi connectivity index (χ4n) is 0.321. The van der Waals surface area contributed by atoms with E-state index in [-0.39, 0.29) is 0 Å². The van der Waals surface area contributed by atoms with E-state index in [1.54, 1.807) is 0 Å². The van der Waals surface area contributed by atoms with Crippen molar-refractivity contribution in [2.75, 3.05) is 0 Å². The third-order valence-corrected chi connectivity index (χ3v) is 1.34. The molecule has 0 spiro atoms. The van der Waals surface area contributed by atoms with E-state index in [1.165, 1.54) is 36.7 Å². The van der Waals surface area contributed by atoms with Crippen molar-refractivity contribution in [3.63, 3.8) is 0 Å². The molecule has 5 heteroatoms. The number of hydrogen-bond acceptors (Lipinski definition) is 3. The monoisotopic (exact) mass is 257 g/mol. The molecule has 0 aliphatic carbocycles. The summed E-state index contributed by atoms with van der Waals surface area (Å²) in [6.07, 6.45) is 0. The smallest absolute Gasteiger partial charge is 0.299 e. The third kappa shape index (κ3) is 2.61. The van der Waals surface area contributed by atoms with Gasteiger partial charge in [0.15, 0.2) is 0 Å². The average Bonchev–Trinajstić information content (AvgIpc) is 1.83. The molecule has 0 aliphatic rings. The largest absolute Gasteiger partial charge is 0.382 e. The highest BCUT2D eigenvalue weighted by molar-refractivity contribution is 14.1. The van der Waals surface area contributed by atoms with Crippen molar-refractivity contribution in [3.05, 3.63) is 0 Å². The van der Waals surface area contributed by atoms with Crippen LogP contribution in [0.15, 0.2) is 0 Å². The highest BCUT2D eigenvalue weighted by Gasteiger charge is 2.29. The van der Waals surface area contributed by atoms with Crippen molar-refractivity contribution >= 4 is 34.6 Å². The molecule has 0 unspecified atom stereocenters. The van der Waals surface area contributed by atoms with Crippen LogP contribution in [0, 0.1) is 0 Å².